The SMILES string of the molecule is CCS(=O)(=O)N1CCC(C(=O)Nc2ccc(Cl)cc2C(=O)c2ccccc2)CC1. The zero-order valence-electron chi connectivity index (χ0n) is 16.1. The van der Waals surface area contributed by atoms with Gasteiger partial charge in [0.15, 0.2) is 5.78 Å². The first kappa shape index (κ1) is 21.5. The van der Waals surface area contributed by atoms with Crippen molar-refractivity contribution in [2.75, 3.05) is 24.2 Å². The standard InChI is InChI=1S/C21H23ClN2O4S/c1-2-29(27,28)24-12-10-16(11-13-24)21(26)23-19-9-8-17(22)14-18(19)20(25)15-6-4-3-5-7-15/h3-9,14,16H,2,10-13H2,1H3,(H,23,26). The Kier molecular flexibility index (Phi) is 6.72. The number of hydrogen-bond acceptors (Lipinski definition) is 4. The van der Waals surface area contributed by atoms with Gasteiger partial charge in [-0.2, -0.15) is 0 Å². The minimum Gasteiger partial charge on any atom is -0.325 e. The topological polar surface area (TPSA) is 83.6 Å². The van der Waals surface area contributed by atoms with Gasteiger partial charge in [-0.25, -0.2) is 12.7 Å². The maximum Gasteiger partial charge on any atom is 0.227 e. The smallest absolute Gasteiger partial charge is 0.227 e. The highest BCUT2D eigenvalue weighted by Crippen LogP contribution is 2.26. The summed E-state index contributed by atoms with van der Waals surface area (Å²) in [6.45, 7) is 2.26. The number of rotatable bonds is 6. The number of anilines is 1. The molecular formula is C21H23ClN2O4S. The molecule has 1 fully saturated rings. The molecule has 1 N–H and O–H groups in total. The Hall–Kier alpha value is -2.22. The van der Waals surface area contributed by atoms with Crippen LogP contribution in [0.3, 0.4) is 0 Å². The third kappa shape index (κ3) is 5.04. The molecule has 2 aromatic rings. The predicted molar refractivity (Wildman–Crippen MR) is 114 cm³/mol. The molecule has 8 heteroatoms. The lowest BCUT2D eigenvalue weighted by molar-refractivity contribution is -0.120. The van der Waals surface area contributed by atoms with E-state index < -0.39 is 10.0 Å². The second-order valence-corrected chi connectivity index (χ2v) is 9.64. The second kappa shape index (κ2) is 9.07. The quantitative estimate of drug-likeness (QED) is 0.704. The van der Waals surface area contributed by atoms with E-state index in [0.29, 0.717) is 47.8 Å². The van der Waals surface area contributed by atoms with Gasteiger partial charge >= 0.3 is 0 Å². The van der Waals surface area contributed by atoms with E-state index in [2.05, 4.69) is 5.32 Å². The van der Waals surface area contributed by atoms with Crippen molar-refractivity contribution in [3.05, 3.63) is 64.7 Å². The van der Waals surface area contributed by atoms with E-state index in [9.17, 15) is 18.0 Å². The zero-order valence-corrected chi connectivity index (χ0v) is 17.7. The average Bonchev–Trinajstić information content (AvgIpc) is 2.75. The molecule has 0 spiro atoms. The summed E-state index contributed by atoms with van der Waals surface area (Å²) in [5, 5.41) is 3.24. The van der Waals surface area contributed by atoms with Crippen molar-refractivity contribution in [2.24, 2.45) is 5.92 Å². The molecule has 0 aliphatic carbocycles. The first-order valence-corrected chi connectivity index (χ1v) is 11.5. The van der Waals surface area contributed by atoms with E-state index in [1.165, 1.54) is 4.31 Å². The van der Waals surface area contributed by atoms with Crippen LogP contribution >= 0.6 is 11.6 Å². The van der Waals surface area contributed by atoms with E-state index in [-0.39, 0.29) is 23.4 Å². The zero-order chi connectivity index (χ0) is 21.0. The molecule has 1 aliphatic heterocycles. The summed E-state index contributed by atoms with van der Waals surface area (Å²) < 4.78 is 25.4. The minimum absolute atomic E-state index is 0.0552. The summed E-state index contributed by atoms with van der Waals surface area (Å²) >= 11 is 6.08. The second-order valence-electron chi connectivity index (χ2n) is 6.95. The van der Waals surface area contributed by atoms with Gasteiger partial charge in [0.1, 0.15) is 0 Å². The molecule has 1 heterocycles. The number of hydrogen-bond donors (Lipinski definition) is 1. The lowest BCUT2D eigenvalue weighted by atomic mass is 9.96. The Morgan fingerprint density at radius 3 is 2.38 bits per heavy atom. The molecule has 0 aromatic heterocycles. The highest BCUT2D eigenvalue weighted by Gasteiger charge is 2.30. The van der Waals surface area contributed by atoms with Crippen LogP contribution in [0.25, 0.3) is 0 Å². The van der Waals surface area contributed by atoms with Crippen molar-refractivity contribution < 1.29 is 18.0 Å². The molecule has 1 amide bonds. The summed E-state index contributed by atoms with van der Waals surface area (Å²) in [4.78, 5) is 25.6. The van der Waals surface area contributed by atoms with Crippen molar-refractivity contribution in [2.45, 2.75) is 19.8 Å². The lowest BCUT2D eigenvalue weighted by Crippen LogP contribution is -2.42. The largest absolute Gasteiger partial charge is 0.325 e. The number of benzene rings is 2. The highest BCUT2D eigenvalue weighted by molar-refractivity contribution is 7.89. The van der Waals surface area contributed by atoms with Crippen LogP contribution in [0.1, 0.15) is 35.7 Å². The third-order valence-electron chi connectivity index (χ3n) is 5.10. The number of halogens is 1. The summed E-state index contributed by atoms with van der Waals surface area (Å²) in [5.74, 6) is -0.705. The van der Waals surface area contributed by atoms with Gasteiger partial charge in [-0.05, 0) is 38.0 Å². The fourth-order valence-corrected chi connectivity index (χ4v) is 4.68. The molecule has 6 nitrogen and oxygen atoms in total. The molecule has 29 heavy (non-hydrogen) atoms. The van der Waals surface area contributed by atoms with Crippen LogP contribution in [0.15, 0.2) is 48.5 Å². The predicted octanol–water partition coefficient (Wildman–Crippen LogP) is 3.57. The van der Waals surface area contributed by atoms with Gasteiger partial charge < -0.3 is 5.32 Å². The Morgan fingerprint density at radius 2 is 1.76 bits per heavy atom. The monoisotopic (exact) mass is 434 g/mol. The normalized spacial score (nSPS) is 15.8. The molecule has 0 radical (unpaired) electrons. The van der Waals surface area contributed by atoms with Crippen molar-refractivity contribution in [1.29, 1.82) is 0 Å². The molecule has 2 aromatic carbocycles. The Morgan fingerprint density at radius 1 is 1.10 bits per heavy atom. The average molecular weight is 435 g/mol. The van der Waals surface area contributed by atoms with E-state index >= 15 is 0 Å². The van der Waals surface area contributed by atoms with Crippen LogP contribution < -0.4 is 5.32 Å². The van der Waals surface area contributed by atoms with E-state index in [4.69, 9.17) is 11.6 Å². The van der Waals surface area contributed by atoms with E-state index in [1.54, 1.807) is 49.4 Å². The van der Waals surface area contributed by atoms with Gasteiger partial charge in [0.25, 0.3) is 0 Å². The lowest BCUT2D eigenvalue weighted by Gasteiger charge is -2.30. The summed E-state index contributed by atoms with van der Waals surface area (Å²) in [6.07, 6.45) is 0.890. The van der Waals surface area contributed by atoms with Gasteiger partial charge in [-0.15, -0.1) is 0 Å². The molecular weight excluding hydrogens is 412 g/mol. The highest BCUT2D eigenvalue weighted by atomic mass is 35.5. The van der Waals surface area contributed by atoms with Gasteiger partial charge in [0.2, 0.25) is 15.9 Å². The maximum absolute atomic E-state index is 12.9. The first-order chi connectivity index (χ1) is 13.8. The summed E-state index contributed by atoms with van der Waals surface area (Å²) in [7, 11) is -3.24. The Bertz CT molecular complexity index is 1000. The van der Waals surface area contributed by atoms with Crippen LogP contribution in [-0.2, 0) is 14.8 Å². The summed E-state index contributed by atoms with van der Waals surface area (Å²) in [6, 6.07) is 13.6. The summed E-state index contributed by atoms with van der Waals surface area (Å²) in [5.41, 5.74) is 1.23. The maximum atomic E-state index is 12.9. The Labute approximate surface area is 175 Å². The molecule has 0 unspecified atom stereocenters. The van der Waals surface area contributed by atoms with Crippen LogP contribution in [0.2, 0.25) is 5.02 Å². The van der Waals surface area contributed by atoms with Crippen molar-refractivity contribution >= 4 is 39.0 Å². The van der Waals surface area contributed by atoms with Gasteiger partial charge in [-0.3, -0.25) is 9.59 Å². The van der Waals surface area contributed by atoms with Gasteiger partial charge in [-0.1, -0.05) is 41.9 Å². The van der Waals surface area contributed by atoms with Crippen molar-refractivity contribution in [3.8, 4) is 0 Å². The fraction of sp³-hybridized carbons (Fsp3) is 0.333. The number of sulfonamides is 1. The number of nitrogens with one attached hydrogen (secondary N) is 1. The van der Waals surface area contributed by atoms with Gasteiger partial charge in [0.05, 0.1) is 11.4 Å². The molecule has 154 valence electrons. The van der Waals surface area contributed by atoms with E-state index in [0.717, 1.165) is 0 Å². The van der Waals surface area contributed by atoms with Crippen molar-refractivity contribution in [1.82, 2.24) is 4.31 Å². The van der Waals surface area contributed by atoms with Crippen molar-refractivity contribution in [3.63, 3.8) is 0 Å². The number of carbonyl (C=O) groups excluding carboxylic acids is 2. The molecule has 0 bridgehead atoms. The van der Waals surface area contributed by atoms with Crippen LogP contribution in [0, 0.1) is 5.92 Å². The first-order valence-electron chi connectivity index (χ1n) is 9.50. The molecule has 3 rings (SSSR count). The molecule has 1 saturated heterocycles. The number of carbonyl (C=O) groups is 2. The fourth-order valence-electron chi connectivity index (χ4n) is 3.37. The molecule has 1 aliphatic rings. The van der Waals surface area contributed by atoms with Crippen LogP contribution in [0.5, 0.6) is 0 Å². The number of piperidine rings is 1. The van der Waals surface area contributed by atoms with Crippen LogP contribution in [-0.4, -0.2) is 43.3 Å². The number of ketones is 1. The van der Waals surface area contributed by atoms with Gasteiger partial charge in [0, 0.05) is 35.2 Å². The number of amides is 1. The van der Waals surface area contributed by atoms with Crippen LogP contribution in [0.4, 0.5) is 5.69 Å². The third-order valence-corrected chi connectivity index (χ3v) is 7.22. The minimum atomic E-state index is -3.24. The Balaban J connectivity index is 1.74. The number of nitrogens with zero attached hydrogens (tertiary/aromatic N) is 1. The van der Waals surface area contributed by atoms with E-state index in [1.807, 2.05) is 6.07 Å². The molecule has 0 saturated carbocycles. The molecule has 0 atom stereocenters.